The van der Waals surface area contributed by atoms with Gasteiger partial charge in [-0.25, -0.2) is 0 Å². The first-order valence-electron chi connectivity index (χ1n) is 12.7. The highest BCUT2D eigenvalue weighted by Crippen LogP contribution is 2.33. The maximum Gasteiger partial charge on any atom is 0.227 e. The smallest absolute Gasteiger partial charge is 0.227 e. The van der Waals surface area contributed by atoms with Crippen molar-refractivity contribution in [1.82, 2.24) is 5.32 Å². The summed E-state index contributed by atoms with van der Waals surface area (Å²) >= 11 is 0. The van der Waals surface area contributed by atoms with Crippen LogP contribution < -0.4 is 16.0 Å². The quantitative estimate of drug-likeness (QED) is 0.411. The molecule has 6 heteroatoms. The number of carbonyl (C=O) groups excluding carboxylic acids is 2. The number of unbranched alkanes of at least 4 members (excludes halogenated alkanes) is 1. The van der Waals surface area contributed by atoms with Crippen molar-refractivity contribution in [2.75, 3.05) is 18.0 Å². The summed E-state index contributed by atoms with van der Waals surface area (Å²) in [6.07, 6.45) is 4.37. The highest BCUT2D eigenvalue weighted by Gasteiger charge is 2.33. The van der Waals surface area contributed by atoms with Crippen LogP contribution in [0.3, 0.4) is 0 Å². The van der Waals surface area contributed by atoms with E-state index in [0.29, 0.717) is 25.8 Å². The minimum absolute atomic E-state index is 0.0112. The highest BCUT2D eigenvalue weighted by molar-refractivity contribution is 5.94. The number of nitrogens with zero attached hydrogens (tertiary/aromatic N) is 1. The van der Waals surface area contributed by atoms with E-state index in [1.54, 1.807) is 0 Å². The second-order valence-corrected chi connectivity index (χ2v) is 10.8. The van der Waals surface area contributed by atoms with Crippen molar-refractivity contribution >= 4 is 17.5 Å². The molecule has 186 valence electrons. The van der Waals surface area contributed by atoms with Crippen molar-refractivity contribution < 1.29 is 14.7 Å². The molecule has 2 amide bonds. The van der Waals surface area contributed by atoms with Crippen molar-refractivity contribution in [3.05, 3.63) is 29.8 Å². The molecular weight excluding hydrogens is 414 g/mol. The highest BCUT2D eigenvalue weighted by atomic mass is 16.3. The minimum Gasteiger partial charge on any atom is -0.391 e. The van der Waals surface area contributed by atoms with Crippen LogP contribution in [0.1, 0.15) is 78.7 Å². The number of nitrogens with two attached hydrogens (primary N) is 1. The van der Waals surface area contributed by atoms with Gasteiger partial charge in [0.05, 0.1) is 6.10 Å². The van der Waals surface area contributed by atoms with Gasteiger partial charge in [-0.2, -0.15) is 0 Å². The van der Waals surface area contributed by atoms with Crippen molar-refractivity contribution in [2.24, 2.45) is 23.0 Å². The molecule has 4 N–H and O–H groups in total. The van der Waals surface area contributed by atoms with E-state index >= 15 is 0 Å². The molecule has 0 spiro atoms. The van der Waals surface area contributed by atoms with E-state index in [0.717, 1.165) is 37.9 Å². The fourth-order valence-electron chi connectivity index (χ4n) is 4.78. The SMILES string of the molecule is CCCCNC(=O)C(C[C@H](O)[C@@H](N)CC(C)(C)CC(=O)N1CCCc2ccccc21)C(C)C. The molecule has 0 bridgehead atoms. The summed E-state index contributed by atoms with van der Waals surface area (Å²) < 4.78 is 0. The number of rotatable bonds is 12. The number of aryl methyl sites for hydroxylation is 1. The van der Waals surface area contributed by atoms with E-state index in [4.69, 9.17) is 5.73 Å². The Bertz CT molecular complexity index is 778. The Balaban J connectivity index is 1.95. The Morgan fingerprint density at radius 1 is 1.24 bits per heavy atom. The molecule has 33 heavy (non-hydrogen) atoms. The van der Waals surface area contributed by atoms with Gasteiger partial charge < -0.3 is 21.1 Å². The number of anilines is 1. The third kappa shape index (κ3) is 8.11. The first-order valence-corrected chi connectivity index (χ1v) is 12.7. The normalized spacial score (nSPS) is 16.8. The van der Waals surface area contributed by atoms with E-state index in [9.17, 15) is 14.7 Å². The predicted octanol–water partition coefficient (Wildman–Crippen LogP) is 4.04. The molecule has 1 heterocycles. The molecule has 0 aromatic heterocycles. The number of aliphatic hydroxyl groups excluding tert-OH is 1. The molecule has 1 aliphatic rings. The van der Waals surface area contributed by atoms with E-state index in [-0.39, 0.29) is 29.1 Å². The van der Waals surface area contributed by atoms with Gasteiger partial charge in [0.25, 0.3) is 0 Å². The number of aliphatic hydroxyl groups is 1. The lowest BCUT2D eigenvalue weighted by atomic mass is 9.78. The number of nitrogens with one attached hydrogen (secondary N) is 1. The van der Waals surface area contributed by atoms with Crippen LogP contribution in [-0.2, 0) is 16.0 Å². The number of hydrogen-bond acceptors (Lipinski definition) is 4. The fraction of sp³-hybridized carbons (Fsp3) is 0.704. The average Bonchev–Trinajstić information content (AvgIpc) is 2.75. The second-order valence-electron chi connectivity index (χ2n) is 10.8. The number of benzene rings is 1. The zero-order chi connectivity index (χ0) is 24.6. The van der Waals surface area contributed by atoms with Crippen molar-refractivity contribution in [3.63, 3.8) is 0 Å². The molecule has 3 atom stereocenters. The van der Waals surface area contributed by atoms with Crippen LogP contribution in [0.4, 0.5) is 5.69 Å². The van der Waals surface area contributed by atoms with Crippen LogP contribution in [0.25, 0.3) is 0 Å². The lowest BCUT2D eigenvalue weighted by Gasteiger charge is -2.35. The zero-order valence-corrected chi connectivity index (χ0v) is 21.3. The first kappa shape index (κ1) is 27.3. The van der Waals surface area contributed by atoms with Crippen molar-refractivity contribution in [1.29, 1.82) is 0 Å². The molecule has 6 nitrogen and oxygen atoms in total. The van der Waals surface area contributed by atoms with Crippen molar-refractivity contribution in [2.45, 2.75) is 91.7 Å². The van der Waals surface area contributed by atoms with Crippen LogP contribution in [0.15, 0.2) is 24.3 Å². The lowest BCUT2D eigenvalue weighted by molar-refractivity contribution is -0.127. The zero-order valence-electron chi connectivity index (χ0n) is 21.3. The molecular formula is C27H45N3O3. The van der Waals surface area contributed by atoms with Crippen LogP contribution in [0, 0.1) is 17.3 Å². The van der Waals surface area contributed by atoms with Gasteiger partial charge in [-0.1, -0.05) is 59.2 Å². The summed E-state index contributed by atoms with van der Waals surface area (Å²) in [5, 5.41) is 13.8. The van der Waals surface area contributed by atoms with Gasteiger partial charge in [0.15, 0.2) is 0 Å². The summed E-state index contributed by atoms with van der Waals surface area (Å²) in [6.45, 7) is 11.6. The third-order valence-electron chi connectivity index (χ3n) is 6.79. The number of amides is 2. The van der Waals surface area contributed by atoms with Crippen molar-refractivity contribution in [3.8, 4) is 0 Å². The van der Waals surface area contributed by atoms with Gasteiger partial charge in [0.2, 0.25) is 11.8 Å². The predicted molar refractivity (Wildman–Crippen MR) is 135 cm³/mol. The summed E-state index contributed by atoms with van der Waals surface area (Å²) in [5.74, 6) is -0.0770. The second kappa shape index (κ2) is 12.5. The molecule has 2 rings (SSSR count). The summed E-state index contributed by atoms with van der Waals surface area (Å²) in [7, 11) is 0. The Kier molecular flexibility index (Phi) is 10.4. The standard InChI is InChI=1S/C27H45N3O3/c1-6-7-14-29-26(33)21(19(2)3)16-24(31)22(28)17-27(4,5)18-25(32)30-15-10-12-20-11-8-9-13-23(20)30/h8-9,11,13,19,21-22,24,31H,6-7,10,12,14-18,28H2,1-5H3,(H,29,33)/t21?,22-,24-/m0/s1. The Labute approximate surface area is 200 Å². The maximum atomic E-state index is 13.2. The molecule has 0 saturated carbocycles. The number of hydrogen-bond donors (Lipinski definition) is 3. The Morgan fingerprint density at radius 2 is 1.94 bits per heavy atom. The molecule has 1 aromatic carbocycles. The molecule has 1 unspecified atom stereocenters. The van der Waals surface area contributed by atoms with Gasteiger partial charge in [-0.05, 0) is 55.1 Å². The molecule has 0 aliphatic carbocycles. The number of para-hydroxylation sites is 1. The molecule has 0 radical (unpaired) electrons. The average molecular weight is 460 g/mol. The van der Waals surface area contributed by atoms with E-state index < -0.39 is 12.1 Å². The Morgan fingerprint density at radius 3 is 2.61 bits per heavy atom. The van der Waals surface area contributed by atoms with Gasteiger partial charge in [0.1, 0.15) is 0 Å². The Hall–Kier alpha value is -1.92. The summed E-state index contributed by atoms with van der Waals surface area (Å²) in [5.41, 5.74) is 8.27. The van der Waals surface area contributed by atoms with Crippen LogP contribution >= 0.6 is 0 Å². The largest absolute Gasteiger partial charge is 0.391 e. The number of fused-ring (bicyclic) bond motifs is 1. The molecule has 0 saturated heterocycles. The van der Waals surface area contributed by atoms with Gasteiger partial charge in [0, 0.05) is 37.2 Å². The molecule has 0 fully saturated rings. The van der Waals surface area contributed by atoms with Gasteiger partial charge in [-0.3, -0.25) is 9.59 Å². The van der Waals surface area contributed by atoms with E-state index in [1.807, 2.05) is 50.8 Å². The molecule has 1 aromatic rings. The fourth-order valence-corrected chi connectivity index (χ4v) is 4.78. The lowest BCUT2D eigenvalue weighted by Crippen LogP contribution is -2.44. The summed E-state index contributed by atoms with van der Waals surface area (Å²) in [4.78, 5) is 27.7. The third-order valence-corrected chi connectivity index (χ3v) is 6.79. The van der Waals surface area contributed by atoms with E-state index in [1.165, 1.54) is 5.56 Å². The van der Waals surface area contributed by atoms with Crippen LogP contribution in [0.2, 0.25) is 0 Å². The summed E-state index contributed by atoms with van der Waals surface area (Å²) in [6, 6.07) is 7.62. The minimum atomic E-state index is -0.792. The van der Waals surface area contributed by atoms with E-state index in [2.05, 4.69) is 18.3 Å². The first-order chi connectivity index (χ1) is 15.6. The monoisotopic (exact) mass is 459 g/mol. The van der Waals surface area contributed by atoms with Gasteiger partial charge in [-0.15, -0.1) is 0 Å². The van der Waals surface area contributed by atoms with Crippen LogP contribution in [-0.4, -0.2) is 42.2 Å². The molecule has 1 aliphatic heterocycles. The number of carbonyl (C=O) groups is 2. The van der Waals surface area contributed by atoms with Gasteiger partial charge >= 0.3 is 0 Å². The maximum absolute atomic E-state index is 13.2. The topological polar surface area (TPSA) is 95.7 Å². The van der Waals surface area contributed by atoms with Crippen LogP contribution in [0.5, 0.6) is 0 Å².